The van der Waals surface area contributed by atoms with Crippen molar-refractivity contribution in [2.24, 2.45) is 0 Å². The highest BCUT2D eigenvalue weighted by Crippen LogP contribution is 2.35. The van der Waals surface area contributed by atoms with E-state index in [1.54, 1.807) is 0 Å². The maximum Gasteiger partial charge on any atom is 0.425 e. The fraction of sp³-hybridized carbons (Fsp3) is 0.368. The topological polar surface area (TPSA) is 18.5 Å². The number of allylic oxidation sites excluding steroid dienone is 6. The van der Waals surface area contributed by atoms with Gasteiger partial charge in [-0.05, 0) is 31.1 Å². The van der Waals surface area contributed by atoms with Gasteiger partial charge < -0.3 is 9.47 Å². The van der Waals surface area contributed by atoms with Gasteiger partial charge in [0.05, 0.1) is 12.2 Å². The summed E-state index contributed by atoms with van der Waals surface area (Å²) in [4.78, 5) is 0. The van der Waals surface area contributed by atoms with E-state index in [2.05, 4.69) is 22.6 Å². The molecule has 0 radical (unpaired) electrons. The van der Waals surface area contributed by atoms with Gasteiger partial charge in [0.2, 0.25) is 0 Å². The molecular weight excluding hydrogens is 393 g/mol. The first-order valence-corrected chi connectivity index (χ1v) is 7.96. The largest absolute Gasteiger partial charge is 0.430 e. The molecule has 9 heteroatoms. The lowest BCUT2D eigenvalue weighted by atomic mass is 10.0. The van der Waals surface area contributed by atoms with Crippen LogP contribution in [0.3, 0.4) is 0 Å². The number of hydrogen-bond acceptors (Lipinski definition) is 2. The molecule has 0 amide bonds. The average molecular weight is 412 g/mol. The van der Waals surface area contributed by atoms with Gasteiger partial charge in [0, 0.05) is 12.5 Å². The molecule has 0 bridgehead atoms. The van der Waals surface area contributed by atoms with Crippen LogP contribution < -0.4 is 0 Å². The molecule has 1 aliphatic rings. The van der Waals surface area contributed by atoms with Gasteiger partial charge in [-0.1, -0.05) is 25.3 Å². The van der Waals surface area contributed by atoms with Crippen molar-refractivity contribution < 1.29 is 40.2 Å². The summed E-state index contributed by atoms with van der Waals surface area (Å²) in [7, 11) is 0. The summed E-state index contributed by atoms with van der Waals surface area (Å²) >= 11 is 0. The molecule has 0 N–H and O–H groups in total. The molecule has 0 spiro atoms. The molecule has 0 saturated carbocycles. The van der Waals surface area contributed by atoms with E-state index in [4.69, 9.17) is 0 Å². The fourth-order valence-corrected chi connectivity index (χ4v) is 2.02. The smallest absolute Gasteiger partial charge is 0.425 e. The molecule has 1 rings (SSSR count). The Morgan fingerprint density at radius 2 is 1.79 bits per heavy atom. The van der Waals surface area contributed by atoms with Crippen LogP contribution in [0.25, 0.3) is 0 Å². The van der Waals surface area contributed by atoms with Gasteiger partial charge in [-0.3, -0.25) is 0 Å². The lowest BCUT2D eigenvalue weighted by Crippen LogP contribution is -2.34. The third-order valence-electron chi connectivity index (χ3n) is 3.72. The van der Waals surface area contributed by atoms with Gasteiger partial charge >= 0.3 is 12.3 Å². The van der Waals surface area contributed by atoms with Gasteiger partial charge in [-0.15, -0.1) is 0 Å². The van der Waals surface area contributed by atoms with Crippen molar-refractivity contribution in [1.82, 2.24) is 0 Å². The molecule has 28 heavy (non-hydrogen) atoms. The van der Waals surface area contributed by atoms with Crippen molar-refractivity contribution in [2.75, 3.05) is 6.61 Å². The van der Waals surface area contributed by atoms with Crippen molar-refractivity contribution >= 4 is 0 Å². The van der Waals surface area contributed by atoms with Crippen molar-refractivity contribution in [1.29, 1.82) is 0 Å². The molecule has 1 atom stereocenters. The summed E-state index contributed by atoms with van der Waals surface area (Å²) in [5.74, 6) is -3.40. The Morgan fingerprint density at radius 1 is 1.18 bits per heavy atom. The lowest BCUT2D eigenvalue weighted by molar-refractivity contribution is -0.218. The van der Waals surface area contributed by atoms with Crippen LogP contribution in [0, 0.1) is 0 Å². The maximum atomic E-state index is 14.1. The van der Waals surface area contributed by atoms with Gasteiger partial charge in [0.1, 0.15) is 17.4 Å². The third kappa shape index (κ3) is 6.70. The Hall–Kier alpha value is -2.29. The van der Waals surface area contributed by atoms with Gasteiger partial charge in [0.25, 0.3) is 0 Å². The van der Waals surface area contributed by atoms with Crippen LogP contribution in [0.5, 0.6) is 0 Å². The molecule has 1 heterocycles. The van der Waals surface area contributed by atoms with Crippen molar-refractivity contribution in [3.8, 4) is 0 Å². The highest BCUT2D eigenvalue weighted by atomic mass is 19.4. The van der Waals surface area contributed by atoms with Crippen molar-refractivity contribution in [2.45, 2.75) is 38.7 Å². The summed E-state index contributed by atoms with van der Waals surface area (Å²) in [6, 6.07) is 0. The maximum absolute atomic E-state index is 14.1. The van der Waals surface area contributed by atoms with Gasteiger partial charge in [0.15, 0.2) is 6.10 Å². The molecule has 0 fully saturated rings. The average Bonchev–Trinajstić information content (AvgIpc) is 2.59. The zero-order valence-electron chi connectivity index (χ0n) is 15.2. The standard InChI is InChI=1S/C19H19F7O2/c1-5-11(2)8-15(20)13(4)19(25,26)28-12(3)9-16(21)14-6-7-27-17(10-14)18(22,23)24/h5-6,8-9,17H,1,3,7,10H2,2,4H3/b11-8-,15-13-,16-9+. The van der Waals surface area contributed by atoms with E-state index in [1.165, 1.54) is 13.0 Å². The molecule has 0 aromatic rings. The van der Waals surface area contributed by atoms with Crippen LogP contribution in [0.1, 0.15) is 20.3 Å². The SMILES string of the molecule is C=C/C(C)=C\C(F)=C(/C)C(F)(F)OC(=C)/C=C(/F)C1=CCOC(C(F)(F)F)C1. The summed E-state index contributed by atoms with van der Waals surface area (Å²) < 4.78 is 103. The van der Waals surface area contributed by atoms with Crippen LogP contribution in [0.15, 0.2) is 71.6 Å². The predicted octanol–water partition coefficient (Wildman–Crippen LogP) is 6.62. The van der Waals surface area contributed by atoms with E-state index in [0.29, 0.717) is 6.08 Å². The van der Waals surface area contributed by atoms with Crippen LogP contribution in [-0.2, 0) is 9.47 Å². The van der Waals surface area contributed by atoms with Crippen molar-refractivity contribution in [3.05, 3.63) is 71.6 Å². The third-order valence-corrected chi connectivity index (χ3v) is 3.72. The van der Waals surface area contributed by atoms with E-state index in [1.807, 2.05) is 0 Å². The van der Waals surface area contributed by atoms with Crippen LogP contribution in [0.4, 0.5) is 30.7 Å². The Kier molecular flexibility index (Phi) is 7.86. The summed E-state index contributed by atoms with van der Waals surface area (Å²) in [5, 5.41) is 0. The number of ether oxygens (including phenoxy) is 2. The first-order chi connectivity index (χ1) is 12.8. The van der Waals surface area contributed by atoms with E-state index < -0.39 is 54.4 Å². The Morgan fingerprint density at radius 3 is 2.32 bits per heavy atom. The lowest BCUT2D eigenvalue weighted by Gasteiger charge is -2.25. The molecule has 156 valence electrons. The van der Waals surface area contributed by atoms with E-state index in [-0.39, 0.29) is 11.1 Å². The van der Waals surface area contributed by atoms with Crippen molar-refractivity contribution in [3.63, 3.8) is 0 Å². The first-order valence-electron chi connectivity index (χ1n) is 7.96. The molecule has 0 saturated heterocycles. The first kappa shape index (κ1) is 23.7. The Labute approximate surface area is 158 Å². The second kappa shape index (κ2) is 9.27. The second-order valence-corrected chi connectivity index (χ2v) is 5.94. The molecule has 1 aliphatic heterocycles. The summed E-state index contributed by atoms with van der Waals surface area (Å²) in [5.41, 5.74) is -1.20. The van der Waals surface area contributed by atoms with E-state index in [0.717, 1.165) is 19.1 Å². The Bertz CT molecular complexity index is 740. The summed E-state index contributed by atoms with van der Waals surface area (Å²) in [6.07, 6.45) is -8.37. The molecule has 2 nitrogen and oxygen atoms in total. The zero-order valence-corrected chi connectivity index (χ0v) is 15.2. The van der Waals surface area contributed by atoms with E-state index >= 15 is 0 Å². The van der Waals surface area contributed by atoms with Gasteiger partial charge in [-0.2, -0.15) is 22.0 Å². The molecule has 0 aliphatic carbocycles. The molecule has 1 unspecified atom stereocenters. The monoisotopic (exact) mass is 412 g/mol. The number of alkyl halides is 5. The highest BCUT2D eigenvalue weighted by Gasteiger charge is 2.42. The van der Waals surface area contributed by atoms with E-state index in [9.17, 15) is 30.7 Å². The molecule has 0 aromatic carbocycles. The van der Waals surface area contributed by atoms with Crippen LogP contribution in [-0.4, -0.2) is 25.0 Å². The summed E-state index contributed by atoms with van der Waals surface area (Å²) in [6.45, 7) is 8.15. The number of rotatable bonds is 7. The minimum Gasteiger partial charge on any atom is -0.430 e. The normalized spacial score (nSPS) is 20.3. The van der Waals surface area contributed by atoms with Crippen LogP contribution in [0.2, 0.25) is 0 Å². The van der Waals surface area contributed by atoms with Gasteiger partial charge in [-0.25, -0.2) is 8.78 Å². The number of halogens is 7. The predicted molar refractivity (Wildman–Crippen MR) is 90.6 cm³/mol. The zero-order chi connectivity index (χ0) is 21.7. The van der Waals surface area contributed by atoms with Crippen LogP contribution >= 0.6 is 0 Å². The second-order valence-electron chi connectivity index (χ2n) is 5.94. The quantitative estimate of drug-likeness (QED) is 0.266. The highest BCUT2D eigenvalue weighted by molar-refractivity contribution is 5.33. The Balaban J connectivity index is 2.93. The minimum atomic E-state index is -4.70. The molecular formula is C19H19F7O2. The fourth-order valence-electron chi connectivity index (χ4n) is 2.02. The minimum absolute atomic E-state index is 0.281. The molecule has 0 aromatic heterocycles. The number of hydrogen-bond donors (Lipinski definition) is 0.